The first kappa shape index (κ1) is 9.21. The Morgan fingerprint density at radius 1 is 1.64 bits per heavy atom. The summed E-state index contributed by atoms with van der Waals surface area (Å²) < 4.78 is 10.5. The Labute approximate surface area is 82.6 Å². The van der Waals surface area contributed by atoms with Crippen LogP contribution >= 0.6 is 0 Å². The van der Waals surface area contributed by atoms with E-state index in [1.54, 1.807) is 19.1 Å². The summed E-state index contributed by atoms with van der Waals surface area (Å²) in [6.07, 6.45) is 0.246. The van der Waals surface area contributed by atoms with E-state index in [1.165, 1.54) is 0 Å². The third-order valence-corrected chi connectivity index (χ3v) is 2.08. The first-order chi connectivity index (χ1) is 6.75. The second-order valence-electron chi connectivity index (χ2n) is 3.35. The van der Waals surface area contributed by atoms with Crippen molar-refractivity contribution in [2.24, 2.45) is 0 Å². The van der Waals surface area contributed by atoms with Crippen LogP contribution in [0.4, 0.5) is 0 Å². The fourth-order valence-corrected chi connectivity index (χ4v) is 1.16. The van der Waals surface area contributed by atoms with Gasteiger partial charge in [-0.1, -0.05) is 12.1 Å². The van der Waals surface area contributed by atoms with Crippen molar-refractivity contribution in [1.82, 2.24) is 0 Å². The molecule has 1 atom stereocenters. The van der Waals surface area contributed by atoms with Crippen LogP contribution in [0.5, 0.6) is 5.75 Å². The summed E-state index contributed by atoms with van der Waals surface area (Å²) >= 11 is 0. The Kier molecular flexibility index (Phi) is 2.50. The second kappa shape index (κ2) is 3.80. The van der Waals surface area contributed by atoms with Crippen LogP contribution in [0, 0.1) is 0 Å². The standard InChI is InChI=1S/C11H12O3/c1-8(12)9-3-2-4-10(5-9)13-6-11-7-14-11/h2-5,11H,6-7H2,1H3. The fourth-order valence-electron chi connectivity index (χ4n) is 1.16. The lowest BCUT2D eigenvalue weighted by atomic mass is 10.1. The van der Waals surface area contributed by atoms with Gasteiger partial charge in [-0.3, -0.25) is 4.79 Å². The maximum atomic E-state index is 11.1. The van der Waals surface area contributed by atoms with Crippen LogP contribution in [0.2, 0.25) is 0 Å². The molecule has 3 nitrogen and oxygen atoms in total. The molecule has 0 aromatic heterocycles. The third-order valence-electron chi connectivity index (χ3n) is 2.08. The van der Waals surface area contributed by atoms with Gasteiger partial charge < -0.3 is 9.47 Å². The quantitative estimate of drug-likeness (QED) is 0.538. The number of hydrogen-bond acceptors (Lipinski definition) is 3. The van der Waals surface area contributed by atoms with Gasteiger partial charge in [0.1, 0.15) is 18.5 Å². The molecule has 1 aromatic carbocycles. The monoisotopic (exact) mass is 192 g/mol. The average molecular weight is 192 g/mol. The molecule has 1 aliphatic heterocycles. The molecule has 1 aromatic rings. The van der Waals surface area contributed by atoms with Gasteiger partial charge in [0.25, 0.3) is 0 Å². The van der Waals surface area contributed by atoms with Crippen LogP contribution in [0.25, 0.3) is 0 Å². The Morgan fingerprint density at radius 3 is 3.07 bits per heavy atom. The van der Waals surface area contributed by atoms with Crippen molar-refractivity contribution in [3.05, 3.63) is 29.8 Å². The second-order valence-corrected chi connectivity index (χ2v) is 3.35. The highest BCUT2D eigenvalue weighted by Crippen LogP contribution is 2.16. The minimum Gasteiger partial charge on any atom is -0.491 e. The fraction of sp³-hybridized carbons (Fsp3) is 0.364. The molecule has 1 heterocycles. The van der Waals surface area contributed by atoms with Crippen molar-refractivity contribution in [3.8, 4) is 5.75 Å². The highest BCUT2D eigenvalue weighted by Gasteiger charge is 2.23. The normalized spacial score (nSPS) is 19.1. The van der Waals surface area contributed by atoms with E-state index in [0.29, 0.717) is 12.2 Å². The molecule has 0 spiro atoms. The van der Waals surface area contributed by atoms with E-state index in [1.807, 2.05) is 12.1 Å². The number of carbonyl (C=O) groups is 1. The van der Waals surface area contributed by atoms with E-state index >= 15 is 0 Å². The Bertz CT molecular complexity index is 342. The number of Topliss-reactive ketones (excluding diaryl/α,β-unsaturated/α-hetero) is 1. The van der Waals surface area contributed by atoms with Crippen LogP contribution in [0.3, 0.4) is 0 Å². The molecule has 0 amide bonds. The van der Waals surface area contributed by atoms with Gasteiger partial charge in [0, 0.05) is 5.56 Å². The molecular weight excluding hydrogens is 180 g/mol. The topological polar surface area (TPSA) is 38.8 Å². The van der Waals surface area contributed by atoms with Crippen LogP contribution < -0.4 is 4.74 Å². The van der Waals surface area contributed by atoms with Crippen molar-refractivity contribution < 1.29 is 14.3 Å². The van der Waals surface area contributed by atoms with Crippen LogP contribution in [-0.4, -0.2) is 25.1 Å². The van der Waals surface area contributed by atoms with E-state index < -0.39 is 0 Å². The lowest BCUT2D eigenvalue weighted by Crippen LogP contribution is -2.04. The summed E-state index contributed by atoms with van der Waals surface area (Å²) in [6, 6.07) is 7.20. The highest BCUT2D eigenvalue weighted by molar-refractivity contribution is 5.94. The van der Waals surface area contributed by atoms with Gasteiger partial charge in [-0.05, 0) is 19.1 Å². The summed E-state index contributed by atoms with van der Waals surface area (Å²) in [6.45, 7) is 2.90. The summed E-state index contributed by atoms with van der Waals surface area (Å²) in [7, 11) is 0. The molecule has 0 N–H and O–H groups in total. The zero-order chi connectivity index (χ0) is 9.97. The minimum atomic E-state index is 0.0538. The molecule has 1 unspecified atom stereocenters. The van der Waals surface area contributed by atoms with E-state index in [0.717, 1.165) is 12.4 Å². The molecule has 1 saturated heterocycles. The molecule has 1 aliphatic rings. The number of ether oxygens (including phenoxy) is 2. The summed E-state index contributed by atoms with van der Waals surface area (Å²) in [4.78, 5) is 11.1. The van der Waals surface area contributed by atoms with E-state index in [2.05, 4.69) is 0 Å². The molecule has 74 valence electrons. The van der Waals surface area contributed by atoms with Crippen molar-refractivity contribution in [2.75, 3.05) is 13.2 Å². The SMILES string of the molecule is CC(=O)c1cccc(OCC2CO2)c1. The molecule has 1 fully saturated rings. The van der Waals surface area contributed by atoms with Gasteiger partial charge in [-0.15, -0.1) is 0 Å². The Balaban J connectivity index is 2.01. The van der Waals surface area contributed by atoms with Gasteiger partial charge >= 0.3 is 0 Å². The van der Waals surface area contributed by atoms with E-state index in [4.69, 9.17) is 9.47 Å². The number of ketones is 1. The molecule has 0 saturated carbocycles. The molecule has 3 heteroatoms. The molecule has 14 heavy (non-hydrogen) atoms. The minimum absolute atomic E-state index is 0.0538. The average Bonchev–Trinajstić information content (AvgIpc) is 2.99. The Morgan fingerprint density at radius 2 is 2.43 bits per heavy atom. The third kappa shape index (κ3) is 2.33. The molecule has 2 rings (SSSR count). The lowest BCUT2D eigenvalue weighted by Gasteiger charge is -2.04. The number of rotatable bonds is 4. The smallest absolute Gasteiger partial charge is 0.159 e. The predicted octanol–water partition coefficient (Wildman–Crippen LogP) is 1.67. The Hall–Kier alpha value is -1.35. The van der Waals surface area contributed by atoms with Gasteiger partial charge in [-0.2, -0.15) is 0 Å². The number of benzene rings is 1. The molecule has 0 radical (unpaired) electrons. The number of hydrogen-bond donors (Lipinski definition) is 0. The maximum Gasteiger partial charge on any atom is 0.159 e. The van der Waals surface area contributed by atoms with Crippen molar-refractivity contribution in [3.63, 3.8) is 0 Å². The van der Waals surface area contributed by atoms with Gasteiger partial charge in [0.05, 0.1) is 6.61 Å². The van der Waals surface area contributed by atoms with Crippen molar-refractivity contribution >= 4 is 5.78 Å². The van der Waals surface area contributed by atoms with Gasteiger partial charge in [-0.25, -0.2) is 0 Å². The summed E-state index contributed by atoms with van der Waals surface area (Å²) in [5, 5.41) is 0. The van der Waals surface area contributed by atoms with Crippen LogP contribution in [0.15, 0.2) is 24.3 Å². The first-order valence-corrected chi connectivity index (χ1v) is 4.61. The summed E-state index contributed by atoms with van der Waals surface area (Å²) in [5.74, 6) is 0.784. The van der Waals surface area contributed by atoms with Crippen LogP contribution in [-0.2, 0) is 4.74 Å². The molecule has 0 bridgehead atoms. The van der Waals surface area contributed by atoms with E-state index in [-0.39, 0.29) is 11.9 Å². The molecule has 0 aliphatic carbocycles. The van der Waals surface area contributed by atoms with Crippen molar-refractivity contribution in [2.45, 2.75) is 13.0 Å². The van der Waals surface area contributed by atoms with Crippen LogP contribution in [0.1, 0.15) is 17.3 Å². The molecular formula is C11H12O3. The lowest BCUT2D eigenvalue weighted by molar-refractivity contribution is 0.101. The maximum absolute atomic E-state index is 11.1. The van der Waals surface area contributed by atoms with Gasteiger partial charge in [0.15, 0.2) is 5.78 Å². The zero-order valence-electron chi connectivity index (χ0n) is 8.03. The highest BCUT2D eigenvalue weighted by atomic mass is 16.6. The summed E-state index contributed by atoms with van der Waals surface area (Å²) in [5.41, 5.74) is 0.680. The predicted molar refractivity (Wildman–Crippen MR) is 51.7 cm³/mol. The first-order valence-electron chi connectivity index (χ1n) is 4.61. The number of epoxide rings is 1. The zero-order valence-corrected chi connectivity index (χ0v) is 8.03. The van der Waals surface area contributed by atoms with E-state index in [9.17, 15) is 4.79 Å². The van der Waals surface area contributed by atoms with Gasteiger partial charge in [0.2, 0.25) is 0 Å². The largest absolute Gasteiger partial charge is 0.491 e. The van der Waals surface area contributed by atoms with Crippen molar-refractivity contribution in [1.29, 1.82) is 0 Å². The number of carbonyl (C=O) groups excluding carboxylic acids is 1.